The minimum Gasteiger partial charge on any atom is -0.352 e. The van der Waals surface area contributed by atoms with Gasteiger partial charge in [-0.1, -0.05) is 42.8 Å². The number of hydrogen-bond donors (Lipinski definition) is 1. The summed E-state index contributed by atoms with van der Waals surface area (Å²) in [7, 11) is -3.55. The molecule has 5 nitrogen and oxygen atoms in total. The van der Waals surface area contributed by atoms with Gasteiger partial charge in [-0.2, -0.15) is 4.31 Å². The monoisotopic (exact) mass is 414 g/mol. The number of rotatable bonds is 7. The molecule has 1 heterocycles. The van der Waals surface area contributed by atoms with E-state index in [1.165, 1.54) is 21.5 Å². The van der Waals surface area contributed by atoms with Crippen molar-refractivity contribution < 1.29 is 13.2 Å². The number of piperidine rings is 1. The lowest BCUT2D eigenvalue weighted by atomic mass is 10.0. The van der Waals surface area contributed by atoms with Crippen LogP contribution in [0.4, 0.5) is 0 Å². The molecule has 2 aromatic carbocycles. The number of sulfonamides is 1. The first-order chi connectivity index (χ1) is 13.9. The quantitative estimate of drug-likeness (QED) is 0.701. The van der Waals surface area contributed by atoms with Gasteiger partial charge in [0.2, 0.25) is 10.0 Å². The summed E-state index contributed by atoms with van der Waals surface area (Å²) in [5, 5.41) is 2.90. The Labute approximate surface area is 174 Å². The van der Waals surface area contributed by atoms with E-state index < -0.39 is 10.0 Å². The summed E-state index contributed by atoms with van der Waals surface area (Å²) in [6.07, 6.45) is 3.47. The average molecular weight is 415 g/mol. The lowest BCUT2D eigenvalue weighted by Crippen LogP contribution is -2.38. The zero-order valence-electron chi connectivity index (χ0n) is 17.2. The van der Waals surface area contributed by atoms with Gasteiger partial charge in [0.1, 0.15) is 0 Å². The Balaban J connectivity index is 1.56. The van der Waals surface area contributed by atoms with Gasteiger partial charge in [0, 0.05) is 25.2 Å². The number of hydrogen-bond acceptors (Lipinski definition) is 3. The van der Waals surface area contributed by atoms with Crippen LogP contribution in [0.15, 0.2) is 53.4 Å². The SMILES string of the molecule is Cc1ccc(CCCNC(=O)c2cccc(S(=O)(=O)N3CCC(C)CC3)c2)cc1. The Morgan fingerprint density at radius 3 is 2.48 bits per heavy atom. The molecule has 0 radical (unpaired) electrons. The molecule has 1 saturated heterocycles. The van der Waals surface area contributed by atoms with Crippen molar-refractivity contribution in [1.82, 2.24) is 9.62 Å². The second kappa shape index (κ2) is 9.55. The van der Waals surface area contributed by atoms with E-state index >= 15 is 0 Å². The van der Waals surface area contributed by atoms with Crippen molar-refractivity contribution in [3.05, 3.63) is 65.2 Å². The van der Waals surface area contributed by atoms with Crippen LogP contribution in [-0.2, 0) is 16.4 Å². The van der Waals surface area contributed by atoms with Crippen molar-refractivity contribution in [3.63, 3.8) is 0 Å². The molecule has 1 amide bonds. The van der Waals surface area contributed by atoms with E-state index in [1.54, 1.807) is 18.2 Å². The van der Waals surface area contributed by atoms with E-state index in [0.29, 0.717) is 31.1 Å². The third-order valence-corrected chi connectivity index (χ3v) is 7.42. The van der Waals surface area contributed by atoms with Crippen LogP contribution < -0.4 is 5.32 Å². The molecular weight excluding hydrogens is 384 g/mol. The van der Waals surface area contributed by atoms with Gasteiger partial charge in [0.15, 0.2) is 0 Å². The largest absolute Gasteiger partial charge is 0.352 e. The predicted octanol–water partition coefficient (Wildman–Crippen LogP) is 3.78. The van der Waals surface area contributed by atoms with E-state index in [1.807, 2.05) is 0 Å². The summed E-state index contributed by atoms with van der Waals surface area (Å²) in [6, 6.07) is 14.7. The molecule has 0 bridgehead atoms. The van der Waals surface area contributed by atoms with Gasteiger partial charge in [-0.3, -0.25) is 4.79 Å². The lowest BCUT2D eigenvalue weighted by molar-refractivity contribution is 0.0953. The van der Waals surface area contributed by atoms with Crippen LogP contribution in [0.25, 0.3) is 0 Å². The Bertz CT molecular complexity index is 931. The molecule has 0 aromatic heterocycles. The zero-order valence-corrected chi connectivity index (χ0v) is 18.0. The Kier molecular flexibility index (Phi) is 7.09. The van der Waals surface area contributed by atoms with Gasteiger partial charge in [0.05, 0.1) is 4.90 Å². The smallest absolute Gasteiger partial charge is 0.251 e. The molecule has 0 unspecified atom stereocenters. The van der Waals surface area contributed by atoms with Gasteiger partial charge in [-0.15, -0.1) is 0 Å². The molecule has 1 N–H and O–H groups in total. The zero-order chi connectivity index (χ0) is 20.9. The Hall–Kier alpha value is -2.18. The minimum atomic E-state index is -3.55. The normalized spacial score (nSPS) is 15.9. The molecule has 156 valence electrons. The molecule has 1 fully saturated rings. The summed E-state index contributed by atoms with van der Waals surface area (Å²) < 4.78 is 27.3. The molecule has 1 aliphatic heterocycles. The molecule has 0 aliphatic carbocycles. The third-order valence-electron chi connectivity index (χ3n) is 5.52. The Morgan fingerprint density at radius 2 is 1.79 bits per heavy atom. The van der Waals surface area contributed by atoms with E-state index in [4.69, 9.17) is 0 Å². The van der Waals surface area contributed by atoms with Crippen LogP contribution in [0.1, 0.15) is 47.7 Å². The van der Waals surface area contributed by atoms with Gasteiger partial charge in [-0.05, 0) is 62.3 Å². The maximum atomic E-state index is 12.9. The highest BCUT2D eigenvalue weighted by Gasteiger charge is 2.28. The fourth-order valence-corrected chi connectivity index (χ4v) is 5.04. The van der Waals surface area contributed by atoms with Crippen LogP contribution in [0.2, 0.25) is 0 Å². The molecule has 3 rings (SSSR count). The average Bonchev–Trinajstić information content (AvgIpc) is 2.73. The van der Waals surface area contributed by atoms with Crippen molar-refractivity contribution in [1.29, 1.82) is 0 Å². The van der Waals surface area contributed by atoms with Gasteiger partial charge >= 0.3 is 0 Å². The fraction of sp³-hybridized carbons (Fsp3) is 0.435. The molecule has 0 spiro atoms. The first-order valence-corrected chi connectivity index (χ1v) is 11.7. The lowest BCUT2D eigenvalue weighted by Gasteiger charge is -2.29. The van der Waals surface area contributed by atoms with E-state index in [9.17, 15) is 13.2 Å². The van der Waals surface area contributed by atoms with Crippen LogP contribution in [0.3, 0.4) is 0 Å². The number of benzene rings is 2. The maximum Gasteiger partial charge on any atom is 0.251 e. The first kappa shape index (κ1) is 21.5. The highest BCUT2D eigenvalue weighted by Crippen LogP contribution is 2.24. The highest BCUT2D eigenvalue weighted by molar-refractivity contribution is 7.89. The summed E-state index contributed by atoms with van der Waals surface area (Å²) in [5.74, 6) is 0.316. The topological polar surface area (TPSA) is 66.5 Å². The van der Waals surface area contributed by atoms with Crippen LogP contribution >= 0.6 is 0 Å². The van der Waals surface area contributed by atoms with E-state index in [-0.39, 0.29) is 10.8 Å². The fourth-order valence-electron chi connectivity index (χ4n) is 3.52. The molecule has 2 aromatic rings. The van der Waals surface area contributed by atoms with Gasteiger partial charge in [-0.25, -0.2) is 8.42 Å². The second-order valence-electron chi connectivity index (χ2n) is 7.96. The number of carbonyl (C=O) groups is 1. The molecule has 0 saturated carbocycles. The number of aryl methyl sites for hydroxylation is 2. The maximum absolute atomic E-state index is 12.9. The second-order valence-corrected chi connectivity index (χ2v) is 9.90. The van der Waals surface area contributed by atoms with Crippen molar-refractivity contribution in [3.8, 4) is 0 Å². The van der Waals surface area contributed by atoms with Crippen LogP contribution in [0, 0.1) is 12.8 Å². The standard InChI is InChI=1S/C23H30N2O3S/c1-18-8-10-20(11-9-18)5-4-14-24-23(26)21-6-3-7-22(17-21)29(27,28)25-15-12-19(2)13-16-25/h3,6-11,17,19H,4-5,12-16H2,1-2H3,(H,24,26). The number of nitrogens with one attached hydrogen (secondary N) is 1. The summed E-state index contributed by atoms with van der Waals surface area (Å²) in [4.78, 5) is 12.7. The first-order valence-electron chi connectivity index (χ1n) is 10.3. The summed E-state index contributed by atoms with van der Waals surface area (Å²) in [6.45, 7) is 5.84. The summed E-state index contributed by atoms with van der Waals surface area (Å²) >= 11 is 0. The number of amides is 1. The van der Waals surface area contributed by atoms with Crippen molar-refractivity contribution in [2.45, 2.75) is 44.4 Å². The minimum absolute atomic E-state index is 0.194. The third kappa shape index (κ3) is 5.67. The molecule has 0 atom stereocenters. The molecular formula is C23H30N2O3S. The van der Waals surface area contributed by atoms with E-state index in [2.05, 4.69) is 43.4 Å². The number of carbonyl (C=O) groups excluding carboxylic acids is 1. The summed E-state index contributed by atoms with van der Waals surface area (Å²) in [5.41, 5.74) is 2.86. The molecule has 1 aliphatic rings. The predicted molar refractivity (Wildman–Crippen MR) is 115 cm³/mol. The van der Waals surface area contributed by atoms with Gasteiger partial charge in [0.25, 0.3) is 5.91 Å². The van der Waals surface area contributed by atoms with Crippen molar-refractivity contribution >= 4 is 15.9 Å². The molecule has 29 heavy (non-hydrogen) atoms. The van der Waals surface area contributed by atoms with Crippen molar-refractivity contribution in [2.24, 2.45) is 5.92 Å². The Morgan fingerprint density at radius 1 is 1.10 bits per heavy atom. The molecule has 6 heteroatoms. The van der Waals surface area contributed by atoms with Crippen LogP contribution in [-0.4, -0.2) is 38.3 Å². The van der Waals surface area contributed by atoms with Crippen LogP contribution in [0.5, 0.6) is 0 Å². The highest BCUT2D eigenvalue weighted by atomic mass is 32.2. The van der Waals surface area contributed by atoms with Gasteiger partial charge < -0.3 is 5.32 Å². The van der Waals surface area contributed by atoms with Crippen molar-refractivity contribution in [2.75, 3.05) is 19.6 Å². The van der Waals surface area contributed by atoms with E-state index in [0.717, 1.165) is 25.7 Å². The number of nitrogens with zero attached hydrogens (tertiary/aromatic N) is 1.